The molecule has 0 saturated carbocycles. The summed E-state index contributed by atoms with van der Waals surface area (Å²) < 4.78 is 27.5. The molecule has 0 aromatic heterocycles. The first-order valence-electron chi connectivity index (χ1n) is 6.49. The normalized spacial score (nSPS) is 11.2. The van der Waals surface area contributed by atoms with E-state index in [9.17, 15) is 13.2 Å². The third kappa shape index (κ3) is 7.13. The van der Waals surface area contributed by atoms with Crippen LogP contribution in [0.15, 0.2) is 24.3 Å². The molecular formula is C14H20O5S. The number of aryl methyl sites for hydroxylation is 1. The molecule has 20 heavy (non-hydrogen) atoms. The minimum absolute atomic E-state index is 0.0639. The maximum Gasteiger partial charge on any atom is 0.303 e. The molecule has 1 rings (SSSR count). The van der Waals surface area contributed by atoms with Crippen LogP contribution in [0.2, 0.25) is 0 Å². The molecule has 6 heteroatoms. The van der Waals surface area contributed by atoms with Crippen molar-refractivity contribution in [3.05, 3.63) is 29.8 Å². The number of hydrogen-bond acceptors (Lipinski definition) is 4. The molecule has 1 aromatic carbocycles. The Morgan fingerprint density at radius 2 is 1.95 bits per heavy atom. The average molecular weight is 300 g/mol. The van der Waals surface area contributed by atoms with Gasteiger partial charge < -0.3 is 9.84 Å². The van der Waals surface area contributed by atoms with Crippen molar-refractivity contribution in [1.82, 2.24) is 0 Å². The van der Waals surface area contributed by atoms with Crippen molar-refractivity contribution < 1.29 is 23.1 Å². The molecule has 0 fully saturated rings. The Hall–Kier alpha value is -1.56. The molecule has 112 valence electrons. The molecule has 0 aliphatic carbocycles. The second kappa shape index (κ2) is 7.89. The van der Waals surface area contributed by atoms with E-state index >= 15 is 0 Å². The molecule has 0 aliphatic rings. The fourth-order valence-corrected chi connectivity index (χ4v) is 2.47. The summed E-state index contributed by atoms with van der Waals surface area (Å²) in [5.74, 6) is -0.00197. The van der Waals surface area contributed by atoms with Gasteiger partial charge in [0.15, 0.2) is 0 Å². The van der Waals surface area contributed by atoms with Gasteiger partial charge in [0.2, 0.25) is 0 Å². The van der Waals surface area contributed by atoms with E-state index in [0.717, 1.165) is 5.56 Å². The van der Waals surface area contributed by atoms with E-state index < -0.39 is 15.8 Å². The number of carboxylic acids is 1. The van der Waals surface area contributed by atoms with Gasteiger partial charge in [-0.25, -0.2) is 8.42 Å². The first-order valence-corrected chi connectivity index (χ1v) is 8.55. The van der Waals surface area contributed by atoms with Gasteiger partial charge in [-0.3, -0.25) is 4.79 Å². The first kappa shape index (κ1) is 16.5. The minimum atomic E-state index is -2.92. The highest BCUT2D eigenvalue weighted by atomic mass is 32.2. The van der Waals surface area contributed by atoms with Gasteiger partial charge in [-0.15, -0.1) is 0 Å². The molecule has 0 saturated heterocycles. The Morgan fingerprint density at radius 3 is 2.60 bits per heavy atom. The number of sulfone groups is 1. The van der Waals surface area contributed by atoms with Gasteiger partial charge in [-0.05, 0) is 30.9 Å². The van der Waals surface area contributed by atoms with Gasteiger partial charge in [-0.2, -0.15) is 0 Å². The molecule has 0 amide bonds. The molecule has 5 nitrogen and oxygen atoms in total. The second-order valence-electron chi connectivity index (χ2n) is 4.69. The summed E-state index contributed by atoms with van der Waals surface area (Å²) in [6, 6.07) is 7.31. The summed E-state index contributed by atoms with van der Waals surface area (Å²) in [6.07, 6.45) is 2.93. The van der Waals surface area contributed by atoms with Crippen LogP contribution in [-0.4, -0.2) is 38.1 Å². The molecule has 0 atom stereocenters. The molecular weight excluding hydrogens is 280 g/mol. The van der Waals surface area contributed by atoms with Crippen LogP contribution in [0.5, 0.6) is 5.75 Å². The molecule has 0 spiro atoms. The van der Waals surface area contributed by atoms with E-state index in [0.29, 0.717) is 31.6 Å². The summed E-state index contributed by atoms with van der Waals surface area (Å²) >= 11 is 0. The number of ether oxygens (including phenoxy) is 1. The Morgan fingerprint density at radius 1 is 1.25 bits per heavy atom. The number of unbranched alkanes of at least 4 members (excludes halogenated alkanes) is 1. The third-order valence-electron chi connectivity index (χ3n) is 2.75. The van der Waals surface area contributed by atoms with Gasteiger partial charge in [0.05, 0.1) is 12.4 Å². The first-order chi connectivity index (χ1) is 9.38. The summed E-state index contributed by atoms with van der Waals surface area (Å²) in [4.78, 5) is 10.6. The van der Waals surface area contributed by atoms with Gasteiger partial charge in [0.1, 0.15) is 15.6 Å². The van der Waals surface area contributed by atoms with Crippen LogP contribution in [0.25, 0.3) is 0 Å². The van der Waals surface area contributed by atoms with E-state index in [2.05, 4.69) is 0 Å². The number of carboxylic acid groups (broad SMARTS) is 1. The van der Waals surface area contributed by atoms with Crippen LogP contribution in [0.1, 0.15) is 24.8 Å². The predicted molar refractivity (Wildman–Crippen MR) is 76.8 cm³/mol. The number of benzene rings is 1. The number of aliphatic carboxylic acids is 1. The zero-order chi connectivity index (χ0) is 15.0. The highest BCUT2D eigenvalue weighted by Crippen LogP contribution is 2.19. The monoisotopic (exact) mass is 300 g/mol. The Kier molecular flexibility index (Phi) is 6.51. The predicted octanol–water partition coefficient (Wildman–Crippen LogP) is 1.91. The van der Waals surface area contributed by atoms with Crippen LogP contribution in [0.4, 0.5) is 0 Å². The van der Waals surface area contributed by atoms with Gasteiger partial charge >= 0.3 is 5.97 Å². The topological polar surface area (TPSA) is 80.7 Å². The maximum absolute atomic E-state index is 11.0. The van der Waals surface area contributed by atoms with Crippen LogP contribution in [0, 0.1) is 0 Å². The summed E-state index contributed by atoms with van der Waals surface area (Å²) in [5.41, 5.74) is 0.859. The van der Waals surface area contributed by atoms with Crippen LogP contribution < -0.4 is 4.74 Å². The number of para-hydroxylation sites is 1. The standard InChI is InChI=1S/C14H20O5S/c1-20(17,18)11-5-4-10-19-13-7-3-2-6-12(13)8-9-14(15)16/h2-3,6-7H,4-5,8-11H2,1H3,(H,15,16). The van der Waals surface area contributed by atoms with Crippen molar-refractivity contribution in [2.45, 2.75) is 25.7 Å². The lowest BCUT2D eigenvalue weighted by Gasteiger charge is -2.10. The quantitative estimate of drug-likeness (QED) is 0.705. The van der Waals surface area contributed by atoms with Gasteiger partial charge in [0.25, 0.3) is 0 Å². The summed E-state index contributed by atoms with van der Waals surface area (Å²) in [6.45, 7) is 0.430. The molecule has 0 bridgehead atoms. The van der Waals surface area contributed by atoms with Crippen molar-refractivity contribution in [2.24, 2.45) is 0 Å². The lowest BCUT2D eigenvalue weighted by molar-refractivity contribution is -0.136. The van der Waals surface area contributed by atoms with Gasteiger partial charge in [0, 0.05) is 12.7 Å². The maximum atomic E-state index is 11.0. The minimum Gasteiger partial charge on any atom is -0.493 e. The zero-order valence-electron chi connectivity index (χ0n) is 11.5. The Bertz CT molecular complexity index is 536. The summed E-state index contributed by atoms with van der Waals surface area (Å²) in [7, 11) is -2.92. The highest BCUT2D eigenvalue weighted by Gasteiger charge is 2.06. The van der Waals surface area contributed by atoms with Crippen molar-refractivity contribution in [3.63, 3.8) is 0 Å². The Balaban J connectivity index is 2.41. The average Bonchev–Trinajstić information content (AvgIpc) is 2.35. The van der Waals surface area contributed by atoms with Crippen molar-refractivity contribution in [2.75, 3.05) is 18.6 Å². The summed E-state index contributed by atoms with van der Waals surface area (Å²) in [5, 5.41) is 8.69. The van der Waals surface area contributed by atoms with Gasteiger partial charge in [-0.1, -0.05) is 18.2 Å². The molecule has 1 N–H and O–H groups in total. The lowest BCUT2D eigenvalue weighted by Crippen LogP contribution is -2.06. The SMILES string of the molecule is CS(=O)(=O)CCCCOc1ccccc1CCC(=O)O. The number of carbonyl (C=O) groups is 1. The van der Waals surface area contributed by atoms with E-state index in [4.69, 9.17) is 9.84 Å². The van der Waals surface area contributed by atoms with Crippen molar-refractivity contribution >= 4 is 15.8 Å². The van der Waals surface area contributed by atoms with E-state index in [-0.39, 0.29) is 12.2 Å². The van der Waals surface area contributed by atoms with E-state index in [1.165, 1.54) is 6.26 Å². The highest BCUT2D eigenvalue weighted by molar-refractivity contribution is 7.90. The second-order valence-corrected chi connectivity index (χ2v) is 6.95. The number of rotatable bonds is 9. The molecule has 1 aromatic rings. The number of hydrogen-bond donors (Lipinski definition) is 1. The van der Waals surface area contributed by atoms with Crippen molar-refractivity contribution in [3.8, 4) is 5.75 Å². The third-order valence-corrected chi connectivity index (χ3v) is 3.78. The smallest absolute Gasteiger partial charge is 0.303 e. The Labute approximate surface area is 119 Å². The van der Waals surface area contributed by atoms with Crippen LogP contribution in [0.3, 0.4) is 0 Å². The zero-order valence-corrected chi connectivity index (χ0v) is 12.4. The van der Waals surface area contributed by atoms with Crippen LogP contribution >= 0.6 is 0 Å². The van der Waals surface area contributed by atoms with E-state index in [1.807, 2.05) is 18.2 Å². The largest absolute Gasteiger partial charge is 0.493 e. The fraction of sp³-hybridized carbons (Fsp3) is 0.500. The molecule has 0 aliphatic heterocycles. The molecule has 0 radical (unpaired) electrons. The van der Waals surface area contributed by atoms with E-state index in [1.54, 1.807) is 6.07 Å². The fourth-order valence-electron chi connectivity index (χ4n) is 1.74. The molecule has 0 heterocycles. The van der Waals surface area contributed by atoms with Crippen molar-refractivity contribution in [1.29, 1.82) is 0 Å². The molecule has 0 unspecified atom stereocenters. The van der Waals surface area contributed by atoms with Crippen LogP contribution in [-0.2, 0) is 21.1 Å². The lowest BCUT2D eigenvalue weighted by atomic mass is 10.1.